The molecule has 0 radical (unpaired) electrons. The Bertz CT molecular complexity index is 459. The minimum absolute atomic E-state index is 0.326. The molecule has 0 saturated carbocycles. The normalized spacial score (nSPS) is 28.8. The summed E-state index contributed by atoms with van der Waals surface area (Å²) in [6.07, 6.45) is 3.49. The van der Waals surface area contributed by atoms with Gasteiger partial charge in [-0.15, -0.1) is 0 Å². The van der Waals surface area contributed by atoms with Gasteiger partial charge in [0.2, 0.25) is 0 Å². The molecule has 3 nitrogen and oxygen atoms in total. The van der Waals surface area contributed by atoms with Crippen molar-refractivity contribution in [1.29, 1.82) is 0 Å². The van der Waals surface area contributed by atoms with Gasteiger partial charge in [-0.05, 0) is 50.4 Å². The maximum atomic E-state index is 6.43. The Hall–Kier alpha value is -0.900. The van der Waals surface area contributed by atoms with Crippen LogP contribution in [0.4, 0.5) is 0 Å². The average molecular weight is 273 g/mol. The third kappa shape index (κ3) is 2.90. The van der Waals surface area contributed by atoms with E-state index in [-0.39, 0.29) is 0 Å². The number of fused-ring (bicyclic) bond motifs is 1. The summed E-state index contributed by atoms with van der Waals surface area (Å²) in [6, 6.07) is 9.77. The zero-order valence-electron chi connectivity index (χ0n) is 12.8. The summed E-state index contributed by atoms with van der Waals surface area (Å²) < 4.78 is 0. The van der Waals surface area contributed by atoms with E-state index in [4.69, 9.17) is 5.73 Å². The minimum Gasteiger partial charge on any atom is -0.328 e. The van der Waals surface area contributed by atoms with Crippen LogP contribution in [0.25, 0.3) is 0 Å². The minimum atomic E-state index is 0.326. The smallest absolute Gasteiger partial charge is 0.0235 e. The van der Waals surface area contributed by atoms with Crippen LogP contribution in [0, 0.1) is 0 Å². The van der Waals surface area contributed by atoms with Crippen LogP contribution in [0.3, 0.4) is 0 Å². The number of nitrogens with zero attached hydrogens (tertiary/aromatic N) is 2. The monoisotopic (exact) mass is 273 g/mol. The Morgan fingerprint density at radius 1 is 1.20 bits per heavy atom. The van der Waals surface area contributed by atoms with Crippen LogP contribution in [0.15, 0.2) is 24.3 Å². The first kappa shape index (κ1) is 14.1. The van der Waals surface area contributed by atoms with Gasteiger partial charge in [-0.1, -0.05) is 24.3 Å². The summed E-state index contributed by atoms with van der Waals surface area (Å²) >= 11 is 0. The molecule has 3 heteroatoms. The maximum Gasteiger partial charge on any atom is 0.0235 e. The molecule has 1 saturated heterocycles. The van der Waals surface area contributed by atoms with Crippen molar-refractivity contribution in [3.05, 3.63) is 35.4 Å². The fourth-order valence-corrected chi connectivity index (χ4v) is 3.74. The predicted octanol–water partition coefficient (Wildman–Crippen LogP) is 1.68. The van der Waals surface area contributed by atoms with Crippen LogP contribution >= 0.6 is 0 Å². The van der Waals surface area contributed by atoms with Gasteiger partial charge in [0, 0.05) is 31.7 Å². The second-order valence-corrected chi connectivity index (χ2v) is 6.73. The van der Waals surface area contributed by atoms with E-state index < -0.39 is 0 Å². The lowest BCUT2D eigenvalue weighted by atomic mass is 9.74. The SMILES string of the molecule is CN1CCN(C)C(CC(N)CC2Cc3ccccc32)C1. The first-order valence-electron chi connectivity index (χ1n) is 7.85. The fourth-order valence-electron chi connectivity index (χ4n) is 3.74. The van der Waals surface area contributed by atoms with Gasteiger partial charge in [-0.25, -0.2) is 0 Å². The molecular weight excluding hydrogens is 246 g/mol. The molecule has 2 aliphatic rings. The number of benzene rings is 1. The van der Waals surface area contributed by atoms with E-state index in [0.29, 0.717) is 18.0 Å². The summed E-state index contributed by atoms with van der Waals surface area (Å²) in [6.45, 7) is 3.50. The third-order valence-electron chi connectivity index (χ3n) is 5.10. The molecule has 1 heterocycles. The van der Waals surface area contributed by atoms with Crippen molar-refractivity contribution in [2.75, 3.05) is 33.7 Å². The molecule has 1 aromatic carbocycles. The highest BCUT2D eigenvalue weighted by Crippen LogP contribution is 2.38. The summed E-state index contributed by atoms with van der Waals surface area (Å²) in [4.78, 5) is 4.91. The first-order valence-corrected chi connectivity index (χ1v) is 7.85. The molecule has 1 aromatic rings. The van der Waals surface area contributed by atoms with Crippen molar-refractivity contribution < 1.29 is 0 Å². The van der Waals surface area contributed by atoms with Gasteiger partial charge < -0.3 is 15.5 Å². The van der Waals surface area contributed by atoms with E-state index in [1.807, 2.05) is 0 Å². The average Bonchev–Trinajstić information content (AvgIpc) is 2.40. The van der Waals surface area contributed by atoms with Crippen molar-refractivity contribution in [2.24, 2.45) is 5.73 Å². The van der Waals surface area contributed by atoms with Crippen molar-refractivity contribution >= 4 is 0 Å². The molecule has 0 spiro atoms. The molecule has 0 amide bonds. The summed E-state index contributed by atoms with van der Waals surface area (Å²) in [7, 11) is 4.46. The van der Waals surface area contributed by atoms with E-state index in [9.17, 15) is 0 Å². The van der Waals surface area contributed by atoms with Crippen LogP contribution in [-0.4, -0.2) is 55.6 Å². The van der Waals surface area contributed by atoms with Gasteiger partial charge in [0.1, 0.15) is 0 Å². The molecule has 3 atom stereocenters. The Morgan fingerprint density at radius 3 is 2.80 bits per heavy atom. The highest BCUT2D eigenvalue weighted by molar-refractivity contribution is 5.39. The van der Waals surface area contributed by atoms with Crippen molar-refractivity contribution in [1.82, 2.24) is 9.80 Å². The largest absolute Gasteiger partial charge is 0.328 e. The number of piperazine rings is 1. The number of hydrogen-bond acceptors (Lipinski definition) is 3. The van der Waals surface area contributed by atoms with Crippen LogP contribution in [0.5, 0.6) is 0 Å². The summed E-state index contributed by atoms with van der Waals surface area (Å²) in [5.41, 5.74) is 9.50. The number of nitrogens with two attached hydrogens (primary N) is 1. The van der Waals surface area contributed by atoms with Gasteiger partial charge in [-0.2, -0.15) is 0 Å². The van der Waals surface area contributed by atoms with Crippen LogP contribution < -0.4 is 5.73 Å². The lowest BCUT2D eigenvalue weighted by Gasteiger charge is -2.40. The van der Waals surface area contributed by atoms with Gasteiger partial charge in [0.15, 0.2) is 0 Å². The van der Waals surface area contributed by atoms with E-state index in [2.05, 4.69) is 48.2 Å². The summed E-state index contributed by atoms with van der Waals surface area (Å²) in [5.74, 6) is 0.702. The first-order chi connectivity index (χ1) is 9.63. The lowest BCUT2D eigenvalue weighted by molar-refractivity contribution is 0.103. The molecule has 0 aromatic heterocycles. The van der Waals surface area contributed by atoms with Gasteiger partial charge in [-0.3, -0.25) is 0 Å². The van der Waals surface area contributed by atoms with Crippen molar-refractivity contribution in [3.63, 3.8) is 0 Å². The molecule has 3 rings (SSSR count). The third-order valence-corrected chi connectivity index (χ3v) is 5.10. The zero-order chi connectivity index (χ0) is 14.1. The van der Waals surface area contributed by atoms with E-state index in [1.165, 1.54) is 30.6 Å². The van der Waals surface area contributed by atoms with Gasteiger partial charge >= 0.3 is 0 Å². The molecule has 110 valence electrons. The fraction of sp³-hybridized carbons (Fsp3) is 0.647. The molecular formula is C17H27N3. The zero-order valence-corrected chi connectivity index (χ0v) is 12.8. The van der Waals surface area contributed by atoms with E-state index in [0.717, 1.165) is 19.4 Å². The van der Waals surface area contributed by atoms with E-state index in [1.54, 1.807) is 0 Å². The second kappa shape index (κ2) is 5.84. The van der Waals surface area contributed by atoms with Gasteiger partial charge in [0.25, 0.3) is 0 Å². The predicted molar refractivity (Wildman–Crippen MR) is 84.0 cm³/mol. The highest BCUT2D eigenvalue weighted by Gasteiger charge is 2.29. The Morgan fingerprint density at radius 2 is 2.00 bits per heavy atom. The summed E-state index contributed by atoms with van der Waals surface area (Å²) in [5, 5.41) is 0. The van der Waals surface area contributed by atoms with Crippen molar-refractivity contribution in [3.8, 4) is 0 Å². The number of likely N-dealkylation sites (N-methyl/N-ethyl adjacent to an activating group) is 2. The molecule has 1 aliphatic heterocycles. The topological polar surface area (TPSA) is 32.5 Å². The highest BCUT2D eigenvalue weighted by atomic mass is 15.3. The molecule has 1 fully saturated rings. The number of rotatable bonds is 4. The molecule has 3 unspecified atom stereocenters. The molecule has 0 bridgehead atoms. The number of hydrogen-bond donors (Lipinski definition) is 1. The maximum absolute atomic E-state index is 6.43. The van der Waals surface area contributed by atoms with Crippen LogP contribution in [0.2, 0.25) is 0 Å². The van der Waals surface area contributed by atoms with Crippen LogP contribution in [-0.2, 0) is 6.42 Å². The molecule has 20 heavy (non-hydrogen) atoms. The Kier molecular flexibility index (Phi) is 4.11. The standard InChI is InChI=1S/C17H27N3/c1-19-7-8-20(2)16(12-19)11-15(18)10-14-9-13-5-3-4-6-17(13)14/h3-6,14-16H,7-12,18H2,1-2H3. The Labute approximate surface area is 122 Å². The van der Waals surface area contributed by atoms with Gasteiger partial charge in [0.05, 0.1) is 0 Å². The van der Waals surface area contributed by atoms with Crippen molar-refractivity contribution in [2.45, 2.75) is 37.3 Å². The lowest BCUT2D eigenvalue weighted by Crippen LogP contribution is -2.51. The molecule has 1 aliphatic carbocycles. The Balaban J connectivity index is 1.52. The van der Waals surface area contributed by atoms with Crippen LogP contribution in [0.1, 0.15) is 29.9 Å². The second-order valence-electron chi connectivity index (χ2n) is 6.73. The van der Waals surface area contributed by atoms with E-state index >= 15 is 0 Å². The quantitative estimate of drug-likeness (QED) is 0.906. The molecule has 2 N–H and O–H groups in total.